The zero-order chi connectivity index (χ0) is 15.1. The number of hydrogen-bond acceptors (Lipinski definition) is 4. The molecule has 0 aliphatic heterocycles. The van der Waals surface area contributed by atoms with Crippen molar-refractivity contribution in [3.8, 4) is 0 Å². The summed E-state index contributed by atoms with van der Waals surface area (Å²) >= 11 is 0. The molecule has 2 rings (SSSR count). The summed E-state index contributed by atoms with van der Waals surface area (Å²) in [5.41, 5.74) is 3.49. The van der Waals surface area contributed by atoms with Gasteiger partial charge in [0.2, 0.25) is 0 Å². The monoisotopic (exact) mass is 284 g/mol. The number of benzene rings is 1. The van der Waals surface area contributed by atoms with E-state index in [0.29, 0.717) is 0 Å². The summed E-state index contributed by atoms with van der Waals surface area (Å²) in [6.45, 7) is 9.06. The van der Waals surface area contributed by atoms with Crippen molar-refractivity contribution in [1.29, 1.82) is 0 Å². The fraction of sp³-hybridized carbons (Fsp3) is 0.412. The highest BCUT2D eigenvalue weighted by Gasteiger charge is 2.07. The van der Waals surface area contributed by atoms with Crippen molar-refractivity contribution in [3.05, 3.63) is 47.9 Å². The molecule has 0 aliphatic carbocycles. The van der Waals surface area contributed by atoms with Gasteiger partial charge in [-0.25, -0.2) is 4.98 Å². The molecule has 0 unspecified atom stereocenters. The van der Waals surface area contributed by atoms with Crippen LogP contribution in [-0.2, 0) is 6.54 Å². The molecule has 1 aromatic carbocycles. The summed E-state index contributed by atoms with van der Waals surface area (Å²) in [5.74, 6) is 0.846. The minimum Gasteiger partial charge on any atom is -0.369 e. The molecule has 0 aliphatic rings. The predicted octanol–water partition coefficient (Wildman–Crippen LogP) is 3.63. The maximum atomic E-state index is 4.50. The van der Waals surface area contributed by atoms with E-state index in [0.717, 1.165) is 37.6 Å². The van der Waals surface area contributed by atoms with E-state index in [9.17, 15) is 0 Å². The van der Waals surface area contributed by atoms with Crippen LogP contribution < -0.4 is 10.2 Å². The van der Waals surface area contributed by atoms with Crippen LogP contribution in [0, 0.1) is 6.92 Å². The van der Waals surface area contributed by atoms with E-state index < -0.39 is 0 Å². The van der Waals surface area contributed by atoms with Gasteiger partial charge in [-0.2, -0.15) is 0 Å². The maximum Gasteiger partial charge on any atom is 0.144 e. The van der Waals surface area contributed by atoms with Crippen LogP contribution in [0.5, 0.6) is 0 Å². The molecule has 1 heterocycles. The third kappa shape index (κ3) is 4.45. The first-order valence-corrected chi connectivity index (χ1v) is 7.59. The minimum absolute atomic E-state index is 0.779. The summed E-state index contributed by atoms with van der Waals surface area (Å²) in [4.78, 5) is 11.2. The van der Waals surface area contributed by atoms with Crippen LogP contribution in [0.4, 0.5) is 11.5 Å². The Morgan fingerprint density at radius 1 is 1.14 bits per heavy atom. The average molecular weight is 284 g/mol. The van der Waals surface area contributed by atoms with Crippen molar-refractivity contribution in [1.82, 2.24) is 9.97 Å². The van der Waals surface area contributed by atoms with Gasteiger partial charge >= 0.3 is 0 Å². The van der Waals surface area contributed by atoms with E-state index in [1.807, 2.05) is 12.4 Å². The summed E-state index contributed by atoms with van der Waals surface area (Å²) in [7, 11) is 0. The second kappa shape index (κ2) is 7.62. The molecule has 0 atom stereocenters. The van der Waals surface area contributed by atoms with Crippen LogP contribution in [0.2, 0.25) is 0 Å². The molecule has 0 amide bonds. The van der Waals surface area contributed by atoms with Crippen molar-refractivity contribution in [3.63, 3.8) is 0 Å². The number of nitrogens with zero attached hydrogens (tertiary/aromatic N) is 3. The number of aromatic nitrogens is 2. The van der Waals surface area contributed by atoms with Gasteiger partial charge in [0.15, 0.2) is 0 Å². The Bertz CT molecular complexity index is 551. The van der Waals surface area contributed by atoms with Crippen LogP contribution in [0.1, 0.15) is 31.5 Å². The number of aryl methyl sites for hydroxylation is 1. The molecular weight excluding hydrogens is 260 g/mol. The summed E-state index contributed by atoms with van der Waals surface area (Å²) in [6.07, 6.45) is 4.76. The second-order valence-corrected chi connectivity index (χ2v) is 5.17. The van der Waals surface area contributed by atoms with E-state index in [1.54, 1.807) is 0 Å². The third-order valence-corrected chi connectivity index (χ3v) is 3.36. The van der Waals surface area contributed by atoms with Crippen LogP contribution in [0.3, 0.4) is 0 Å². The summed E-state index contributed by atoms with van der Waals surface area (Å²) in [6, 6.07) is 8.55. The third-order valence-electron chi connectivity index (χ3n) is 3.36. The summed E-state index contributed by atoms with van der Waals surface area (Å²) in [5, 5.41) is 3.24. The molecule has 0 spiro atoms. The fourth-order valence-corrected chi connectivity index (χ4v) is 2.19. The van der Waals surface area contributed by atoms with E-state index in [1.165, 1.54) is 11.3 Å². The summed E-state index contributed by atoms with van der Waals surface area (Å²) < 4.78 is 0. The highest BCUT2D eigenvalue weighted by Crippen LogP contribution is 2.17. The molecule has 1 N–H and O–H groups in total. The van der Waals surface area contributed by atoms with Gasteiger partial charge in [0, 0.05) is 18.8 Å². The molecule has 0 fully saturated rings. The first kappa shape index (κ1) is 15.3. The number of rotatable bonds is 7. The number of anilines is 2. The highest BCUT2D eigenvalue weighted by molar-refractivity contribution is 5.48. The molecule has 21 heavy (non-hydrogen) atoms. The van der Waals surface area contributed by atoms with Gasteiger partial charge in [-0.1, -0.05) is 19.1 Å². The number of nitrogens with one attached hydrogen (secondary N) is 1. The van der Waals surface area contributed by atoms with Crippen molar-refractivity contribution in [2.75, 3.05) is 23.3 Å². The topological polar surface area (TPSA) is 41.1 Å². The van der Waals surface area contributed by atoms with Crippen LogP contribution in [-0.4, -0.2) is 23.1 Å². The molecule has 112 valence electrons. The SMILES string of the molecule is CCCNc1cnc(CN(CC)c2cccc(C)c2)cn1. The Morgan fingerprint density at radius 3 is 2.62 bits per heavy atom. The molecule has 0 saturated carbocycles. The zero-order valence-electron chi connectivity index (χ0n) is 13.1. The molecule has 0 saturated heterocycles. The maximum absolute atomic E-state index is 4.50. The van der Waals surface area contributed by atoms with E-state index in [4.69, 9.17) is 0 Å². The van der Waals surface area contributed by atoms with Gasteiger partial charge in [-0.15, -0.1) is 0 Å². The van der Waals surface area contributed by atoms with E-state index in [-0.39, 0.29) is 0 Å². The highest BCUT2D eigenvalue weighted by atomic mass is 15.1. The molecule has 0 radical (unpaired) electrons. The van der Waals surface area contributed by atoms with Crippen LogP contribution in [0.25, 0.3) is 0 Å². The largest absolute Gasteiger partial charge is 0.369 e. The molecule has 4 nitrogen and oxygen atoms in total. The lowest BCUT2D eigenvalue weighted by molar-refractivity contribution is 0.802. The van der Waals surface area contributed by atoms with Crippen molar-refractivity contribution >= 4 is 11.5 Å². The van der Waals surface area contributed by atoms with Gasteiger partial charge in [0.1, 0.15) is 5.82 Å². The molecular formula is C17H24N4. The quantitative estimate of drug-likeness (QED) is 0.843. The minimum atomic E-state index is 0.779. The van der Waals surface area contributed by atoms with Gasteiger partial charge < -0.3 is 10.2 Å². The lowest BCUT2D eigenvalue weighted by atomic mass is 10.2. The standard InChI is InChI=1S/C17H24N4/c1-4-9-18-17-12-19-15(11-20-17)13-21(5-2)16-8-6-7-14(3)10-16/h6-8,10-12H,4-5,9,13H2,1-3H3,(H,18,20). The Balaban J connectivity index is 2.04. The van der Waals surface area contributed by atoms with E-state index >= 15 is 0 Å². The Hall–Kier alpha value is -2.10. The molecule has 2 aromatic rings. The lowest BCUT2D eigenvalue weighted by Crippen LogP contribution is -2.22. The van der Waals surface area contributed by atoms with Gasteiger partial charge in [-0.05, 0) is 38.0 Å². The molecule has 1 aromatic heterocycles. The normalized spacial score (nSPS) is 10.4. The zero-order valence-corrected chi connectivity index (χ0v) is 13.1. The second-order valence-electron chi connectivity index (χ2n) is 5.17. The van der Waals surface area contributed by atoms with Crippen molar-refractivity contribution < 1.29 is 0 Å². The number of hydrogen-bond donors (Lipinski definition) is 1. The van der Waals surface area contributed by atoms with Gasteiger partial charge in [-0.3, -0.25) is 4.98 Å². The lowest BCUT2D eigenvalue weighted by Gasteiger charge is -2.23. The Morgan fingerprint density at radius 2 is 2.00 bits per heavy atom. The van der Waals surface area contributed by atoms with Gasteiger partial charge in [0.05, 0.1) is 24.6 Å². The van der Waals surface area contributed by atoms with E-state index in [2.05, 4.69) is 65.2 Å². The molecule has 4 heteroatoms. The Labute approximate surface area is 127 Å². The van der Waals surface area contributed by atoms with Crippen LogP contribution in [0.15, 0.2) is 36.7 Å². The van der Waals surface area contributed by atoms with Crippen molar-refractivity contribution in [2.45, 2.75) is 33.7 Å². The van der Waals surface area contributed by atoms with Gasteiger partial charge in [0.25, 0.3) is 0 Å². The van der Waals surface area contributed by atoms with Crippen molar-refractivity contribution in [2.24, 2.45) is 0 Å². The average Bonchev–Trinajstić information content (AvgIpc) is 2.51. The Kier molecular flexibility index (Phi) is 5.55. The first-order valence-electron chi connectivity index (χ1n) is 7.59. The smallest absolute Gasteiger partial charge is 0.144 e. The molecule has 0 bridgehead atoms. The first-order chi connectivity index (χ1) is 10.2. The predicted molar refractivity (Wildman–Crippen MR) is 88.7 cm³/mol. The fourth-order valence-electron chi connectivity index (χ4n) is 2.19. The van der Waals surface area contributed by atoms with Crippen LogP contribution >= 0.6 is 0 Å².